The van der Waals surface area contributed by atoms with E-state index in [4.69, 9.17) is 12.2 Å². The second-order valence-electron chi connectivity index (χ2n) is 4.67. The van der Waals surface area contributed by atoms with Gasteiger partial charge < -0.3 is 0 Å². The average molecular weight is 314 g/mol. The van der Waals surface area contributed by atoms with E-state index in [2.05, 4.69) is 28.3 Å². The number of hydrogen-bond donors (Lipinski definition) is 1. The van der Waals surface area contributed by atoms with Crippen molar-refractivity contribution in [2.75, 3.05) is 0 Å². The highest BCUT2D eigenvalue weighted by molar-refractivity contribution is 7.71. The van der Waals surface area contributed by atoms with E-state index in [1.807, 2.05) is 43.5 Å². The number of aromatic amines is 1. The molecule has 0 aliphatic rings. The van der Waals surface area contributed by atoms with Gasteiger partial charge in [0.1, 0.15) is 0 Å². The molecule has 6 heteroatoms. The fraction of sp³-hybridized carbons (Fsp3) is 0.133. The largest absolute Gasteiger partial charge is 0.250 e. The molecule has 1 aromatic carbocycles. The Labute approximate surface area is 131 Å². The third-order valence-corrected chi connectivity index (χ3v) is 4.30. The van der Waals surface area contributed by atoms with Gasteiger partial charge >= 0.3 is 0 Å². The van der Waals surface area contributed by atoms with E-state index >= 15 is 0 Å². The molecule has 0 unspecified atom stereocenters. The average Bonchev–Trinajstić information content (AvgIpc) is 3.04. The first-order valence-electron chi connectivity index (χ1n) is 6.49. The molecule has 0 saturated carbocycles. The molecule has 0 fully saturated rings. The zero-order chi connectivity index (χ0) is 14.8. The van der Waals surface area contributed by atoms with Gasteiger partial charge in [-0.15, -0.1) is 11.3 Å². The minimum Gasteiger partial charge on any atom is -0.250 e. The topological polar surface area (TPSA) is 46.0 Å². The van der Waals surface area contributed by atoms with Crippen molar-refractivity contribution in [3.8, 4) is 11.4 Å². The summed E-state index contributed by atoms with van der Waals surface area (Å²) in [5.74, 6) is 0.725. The van der Waals surface area contributed by atoms with Crippen molar-refractivity contribution in [1.82, 2.24) is 14.9 Å². The quantitative estimate of drug-likeness (QED) is 0.582. The van der Waals surface area contributed by atoms with Crippen LogP contribution in [0.2, 0.25) is 0 Å². The van der Waals surface area contributed by atoms with Crippen molar-refractivity contribution in [2.24, 2.45) is 5.10 Å². The summed E-state index contributed by atoms with van der Waals surface area (Å²) in [5, 5.41) is 11.6. The number of nitrogens with one attached hydrogen (secondary N) is 1. The van der Waals surface area contributed by atoms with E-state index in [9.17, 15) is 0 Å². The van der Waals surface area contributed by atoms with Crippen LogP contribution in [0.3, 0.4) is 0 Å². The lowest BCUT2D eigenvalue weighted by Crippen LogP contribution is -1.95. The van der Waals surface area contributed by atoms with Gasteiger partial charge in [0, 0.05) is 15.3 Å². The lowest BCUT2D eigenvalue weighted by Gasteiger charge is -2.03. The molecule has 0 aliphatic carbocycles. The zero-order valence-corrected chi connectivity index (χ0v) is 13.3. The molecule has 2 aromatic heterocycles. The van der Waals surface area contributed by atoms with Gasteiger partial charge in [0.2, 0.25) is 4.77 Å². The third-order valence-electron chi connectivity index (χ3n) is 3.10. The second-order valence-corrected chi connectivity index (χ2v) is 6.38. The monoisotopic (exact) mass is 314 g/mol. The normalized spacial score (nSPS) is 11.3. The second kappa shape index (κ2) is 5.75. The van der Waals surface area contributed by atoms with E-state index in [0.29, 0.717) is 4.77 Å². The highest BCUT2D eigenvalue weighted by Crippen LogP contribution is 2.21. The molecule has 2 heterocycles. The van der Waals surface area contributed by atoms with E-state index in [0.717, 1.165) is 21.8 Å². The number of hydrogen-bond acceptors (Lipinski definition) is 4. The molecule has 106 valence electrons. The van der Waals surface area contributed by atoms with Crippen LogP contribution in [0.25, 0.3) is 11.4 Å². The number of aryl methyl sites for hydroxylation is 2. The maximum atomic E-state index is 5.27. The van der Waals surface area contributed by atoms with Crippen LogP contribution < -0.4 is 0 Å². The number of benzene rings is 1. The number of thiophene rings is 1. The van der Waals surface area contributed by atoms with Crippen LogP contribution in [0.1, 0.15) is 15.3 Å². The summed E-state index contributed by atoms with van der Waals surface area (Å²) < 4.78 is 2.14. The van der Waals surface area contributed by atoms with Gasteiger partial charge in [-0.05, 0) is 43.8 Å². The van der Waals surface area contributed by atoms with Crippen molar-refractivity contribution in [3.05, 3.63) is 56.5 Å². The molecule has 3 aromatic rings. The molecular weight excluding hydrogens is 300 g/mol. The van der Waals surface area contributed by atoms with Gasteiger partial charge in [-0.3, -0.25) is 0 Å². The molecule has 0 saturated heterocycles. The fourth-order valence-electron chi connectivity index (χ4n) is 2.03. The summed E-state index contributed by atoms with van der Waals surface area (Å²) >= 11 is 6.96. The van der Waals surface area contributed by atoms with Crippen LogP contribution in [0, 0.1) is 18.6 Å². The van der Waals surface area contributed by atoms with E-state index in [1.54, 1.807) is 16.0 Å². The Morgan fingerprint density at radius 2 is 2.05 bits per heavy atom. The van der Waals surface area contributed by atoms with Crippen LogP contribution in [-0.4, -0.2) is 21.1 Å². The number of rotatable bonds is 3. The third kappa shape index (κ3) is 2.86. The highest BCUT2D eigenvalue weighted by atomic mass is 32.1. The summed E-state index contributed by atoms with van der Waals surface area (Å²) in [4.78, 5) is 2.35. The first kappa shape index (κ1) is 13.9. The highest BCUT2D eigenvalue weighted by Gasteiger charge is 2.10. The first-order valence-corrected chi connectivity index (χ1v) is 7.72. The van der Waals surface area contributed by atoms with Crippen molar-refractivity contribution >= 4 is 29.8 Å². The number of aromatic nitrogens is 3. The Kier molecular flexibility index (Phi) is 3.81. The predicted octanol–water partition coefficient (Wildman–Crippen LogP) is 4.17. The van der Waals surface area contributed by atoms with Crippen LogP contribution >= 0.6 is 23.6 Å². The number of nitrogens with zero attached hydrogens (tertiary/aromatic N) is 3. The predicted molar refractivity (Wildman–Crippen MR) is 89.6 cm³/mol. The lowest BCUT2D eigenvalue weighted by molar-refractivity contribution is 0.871. The molecular formula is C15H14N4S2. The van der Waals surface area contributed by atoms with Gasteiger partial charge in [-0.25, -0.2) is 5.10 Å². The van der Waals surface area contributed by atoms with Crippen molar-refractivity contribution in [1.29, 1.82) is 0 Å². The van der Waals surface area contributed by atoms with E-state index in [-0.39, 0.29) is 0 Å². The minimum atomic E-state index is 0.484. The molecule has 0 radical (unpaired) electrons. The molecule has 0 amide bonds. The molecule has 21 heavy (non-hydrogen) atoms. The Hall–Kier alpha value is -2.05. The van der Waals surface area contributed by atoms with E-state index in [1.165, 1.54) is 4.88 Å². The summed E-state index contributed by atoms with van der Waals surface area (Å²) in [6.07, 6.45) is 1.81. The molecule has 1 N–H and O–H groups in total. The Balaban J connectivity index is 2.04. The standard InChI is InChI=1S/C15H14N4S2/c1-10-5-3-4-6-13(10)14-17-18-15(20)19(14)16-9-12-8-7-11(2)21-12/h3-9H,1-2H3,(H,18,20)/b16-9-. The van der Waals surface area contributed by atoms with Crippen LogP contribution in [0.4, 0.5) is 0 Å². The van der Waals surface area contributed by atoms with E-state index < -0.39 is 0 Å². The lowest BCUT2D eigenvalue weighted by atomic mass is 10.1. The summed E-state index contributed by atoms with van der Waals surface area (Å²) in [6, 6.07) is 12.2. The summed E-state index contributed by atoms with van der Waals surface area (Å²) in [5.41, 5.74) is 2.15. The summed E-state index contributed by atoms with van der Waals surface area (Å²) in [6.45, 7) is 4.12. The van der Waals surface area contributed by atoms with Gasteiger partial charge in [0.25, 0.3) is 0 Å². The van der Waals surface area contributed by atoms with Crippen LogP contribution in [0.15, 0.2) is 41.5 Å². The smallest absolute Gasteiger partial charge is 0.216 e. The van der Waals surface area contributed by atoms with Crippen molar-refractivity contribution in [2.45, 2.75) is 13.8 Å². The Bertz CT molecular complexity index is 854. The molecule has 0 atom stereocenters. The SMILES string of the molecule is Cc1ccc(/C=N\n2c(-c3ccccc3C)n[nH]c2=S)s1. The molecule has 0 bridgehead atoms. The molecule has 0 aliphatic heterocycles. The maximum Gasteiger partial charge on any atom is 0.216 e. The van der Waals surface area contributed by atoms with Gasteiger partial charge in [-0.1, -0.05) is 24.3 Å². The first-order chi connectivity index (χ1) is 10.1. The molecule has 3 rings (SSSR count). The molecule has 0 spiro atoms. The molecule has 4 nitrogen and oxygen atoms in total. The maximum absolute atomic E-state index is 5.27. The van der Waals surface area contributed by atoms with Gasteiger partial charge in [0.15, 0.2) is 5.82 Å². The Morgan fingerprint density at radius 1 is 1.24 bits per heavy atom. The summed E-state index contributed by atoms with van der Waals surface area (Å²) in [7, 11) is 0. The minimum absolute atomic E-state index is 0.484. The Morgan fingerprint density at radius 3 is 2.76 bits per heavy atom. The van der Waals surface area contributed by atoms with Gasteiger partial charge in [-0.2, -0.15) is 14.9 Å². The van der Waals surface area contributed by atoms with Crippen molar-refractivity contribution in [3.63, 3.8) is 0 Å². The van der Waals surface area contributed by atoms with Crippen molar-refractivity contribution < 1.29 is 0 Å². The van der Waals surface area contributed by atoms with Crippen LogP contribution in [0.5, 0.6) is 0 Å². The number of H-pyrrole nitrogens is 1. The van der Waals surface area contributed by atoms with Gasteiger partial charge in [0.05, 0.1) is 6.21 Å². The zero-order valence-electron chi connectivity index (χ0n) is 11.7. The van der Waals surface area contributed by atoms with Crippen LogP contribution in [-0.2, 0) is 0 Å². The fourth-order valence-corrected chi connectivity index (χ4v) is 2.96.